The van der Waals surface area contributed by atoms with E-state index in [9.17, 15) is 12.8 Å². The summed E-state index contributed by atoms with van der Waals surface area (Å²) in [5, 5.41) is 0.458. The van der Waals surface area contributed by atoms with Gasteiger partial charge in [-0.3, -0.25) is 0 Å². The van der Waals surface area contributed by atoms with Crippen molar-refractivity contribution >= 4 is 21.4 Å². The second-order valence-electron chi connectivity index (χ2n) is 4.89. The van der Waals surface area contributed by atoms with E-state index in [1.54, 1.807) is 12.1 Å². The summed E-state index contributed by atoms with van der Waals surface area (Å²) in [6.07, 6.45) is 1.52. The molecule has 21 heavy (non-hydrogen) atoms. The molecule has 0 aliphatic carbocycles. The molecule has 0 radical (unpaired) electrons. The first-order chi connectivity index (χ1) is 9.77. The predicted molar refractivity (Wildman–Crippen MR) is 81.6 cm³/mol. The molecule has 112 valence electrons. The van der Waals surface area contributed by atoms with E-state index >= 15 is 0 Å². The van der Waals surface area contributed by atoms with Gasteiger partial charge in [0, 0.05) is 17.3 Å². The minimum Gasteiger partial charge on any atom is -0.324 e. The van der Waals surface area contributed by atoms with Gasteiger partial charge in [-0.1, -0.05) is 23.7 Å². The molecule has 0 heterocycles. The molecule has 3 nitrogen and oxygen atoms in total. The SMILES string of the molecule is CS(=O)(=O)c1ccc(C(N)Cc2cc(F)ccc2Cl)cc1. The van der Waals surface area contributed by atoms with Crippen LogP contribution < -0.4 is 5.73 Å². The molecule has 0 saturated heterocycles. The summed E-state index contributed by atoms with van der Waals surface area (Å²) in [6.45, 7) is 0. The summed E-state index contributed by atoms with van der Waals surface area (Å²) in [6, 6.07) is 10.1. The number of hydrogen-bond acceptors (Lipinski definition) is 3. The second-order valence-corrected chi connectivity index (χ2v) is 7.31. The van der Waals surface area contributed by atoms with Crippen LogP contribution in [-0.2, 0) is 16.3 Å². The maximum Gasteiger partial charge on any atom is 0.175 e. The number of halogens is 2. The molecule has 0 aromatic heterocycles. The molecule has 2 aromatic rings. The lowest BCUT2D eigenvalue weighted by molar-refractivity contribution is 0.601. The molecule has 0 bridgehead atoms. The molecule has 1 unspecified atom stereocenters. The zero-order valence-electron chi connectivity index (χ0n) is 11.4. The summed E-state index contributed by atoms with van der Waals surface area (Å²) in [5.41, 5.74) is 7.46. The van der Waals surface area contributed by atoms with E-state index in [1.807, 2.05) is 0 Å². The maximum absolute atomic E-state index is 13.2. The van der Waals surface area contributed by atoms with Gasteiger partial charge in [-0.25, -0.2) is 12.8 Å². The zero-order valence-corrected chi connectivity index (χ0v) is 13.0. The van der Waals surface area contributed by atoms with E-state index in [2.05, 4.69) is 0 Å². The Morgan fingerprint density at radius 2 is 1.81 bits per heavy atom. The van der Waals surface area contributed by atoms with Crippen LogP contribution in [0.25, 0.3) is 0 Å². The molecule has 0 fully saturated rings. The van der Waals surface area contributed by atoms with Crippen molar-refractivity contribution in [3.05, 3.63) is 64.4 Å². The van der Waals surface area contributed by atoms with Crippen LogP contribution in [0.1, 0.15) is 17.2 Å². The van der Waals surface area contributed by atoms with Crippen LogP contribution in [-0.4, -0.2) is 14.7 Å². The van der Waals surface area contributed by atoms with Crippen molar-refractivity contribution in [3.63, 3.8) is 0 Å². The van der Waals surface area contributed by atoms with E-state index in [1.165, 1.54) is 30.3 Å². The Balaban J connectivity index is 2.20. The third kappa shape index (κ3) is 4.03. The normalized spacial score (nSPS) is 13.1. The average molecular weight is 328 g/mol. The Bertz CT molecular complexity index is 745. The largest absolute Gasteiger partial charge is 0.324 e. The topological polar surface area (TPSA) is 60.2 Å². The maximum atomic E-state index is 13.2. The lowest BCUT2D eigenvalue weighted by Gasteiger charge is -2.14. The quantitative estimate of drug-likeness (QED) is 0.938. The number of sulfone groups is 1. The standard InChI is InChI=1S/C15H15ClFNO2S/c1-21(19,20)13-5-2-10(3-6-13)15(18)9-11-8-12(17)4-7-14(11)16/h2-8,15H,9,18H2,1H3. The van der Waals surface area contributed by atoms with E-state index in [4.69, 9.17) is 17.3 Å². The number of rotatable bonds is 4. The van der Waals surface area contributed by atoms with Crippen molar-refractivity contribution in [1.82, 2.24) is 0 Å². The number of nitrogens with two attached hydrogens (primary N) is 1. The number of hydrogen-bond donors (Lipinski definition) is 1. The molecule has 2 rings (SSSR count). The van der Waals surface area contributed by atoms with Crippen LogP contribution in [0, 0.1) is 5.82 Å². The fraction of sp³-hybridized carbons (Fsp3) is 0.200. The van der Waals surface area contributed by atoms with Gasteiger partial charge in [0.25, 0.3) is 0 Å². The molecule has 0 spiro atoms. The average Bonchev–Trinajstić information content (AvgIpc) is 2.42. The molecule has 2 N–H and O–H groups in total. The van der Waals surface area contributed by atoms with Gasteiger partial charge in [0.05, 0.1) is 4.90 Å². The smallest absolute Gasteiger partial charge is 0.175 e. The van der Waals surface area contributed by atoms with Crippen molar-refractivity contribution in [2.75, 3.05) is 6.26 Å². The monoisotopic (exact) mass is 327 g/mol. The summed E-state index contributed by atoms with van der Waals surface area (Å²) in [7, 11) is -3.23. The lowest BCUT2D eigenvalue weighted by Crippen LogP contribution is -2.14. The van der Waals surface area contributed by atoms with Gasteiger partial charge in [0.1, 0.15) is 5.82 Å². The highest BCUT2D eigenvalue weighted by Gasteiger charge is 2.12. The van der Waals surface area contributed by atoms with Crippen molar-refractivity contribution in [2.24, 2.45) is 5.73 Å². The molecular weight excluding hydrogens is 313 g/mol. The van der Waals surface area contributed by atoms with E-state index in [-0.39, 0.29) is 10.7 Å². The molecule has 0 amide bonds. The zero-order chi connectivity index (χ0) is 15.6. The van der Waals surface area contributed by atoms with Crippen LogP contribution in [0.15, 0.2) is 47.4 Å². The number of benzene rings is 2. The molecule has 0 aliphatic heterocycles. The first-order valence-electron chi connectivity index (χ1n) is 6.27. The Hall–Kier alpha value is -1.43. The van der Waals surface area contributed by atoms with Gasteiger partial charge in [-0.15, -0.1) is 0 Å². The third-order valence-corrected chi connectivity index (χ3v) is 4.68. The van der Waals surface area contributed by atoms with Crippen LogP contribution in [0.3, 0.4) is 0 Å². The highest BCUT2D eigenvalue weighted by Crippen LogP contribution is 2.23. The molecule has 2 aromatic carbocycles. The summed E-state index contributed by atoms with van der Waals surface area (Å²) < 4.78 is 36.0. The van der Waals surface area contributed by atoms with Crippen molar-refractivity contribution < 1.29 is 12.8 Å². The minimum atomic E-state index is -3.23. The van der Waals surface area contributed by atoms with Crippen LogP contribution in [0.5, 0.6) is 0 Å². The van der Waals surface area contributed by atoms with Crippen molar-refractivity contribution in [1.29, 1.82) is 0 Å². The summed E-state index contributed by atoms with van der Waals surface area (Å²) in [4.78, 5) is 0.238. The molecule has 0 aliphatic rings. The van der Waals surface area contributed by atoms with E-state index < -0.39 is 15.9 Å². The van der Waals surface area contributed by atoms with Crippen LogP contribution >= 0.6 is 11.6 Å². The van der Waals surface area contributed by atoms with E-state index in [0.717, 1.165) is 11.8 Å². The highest BCUT2D eigenvalue weighted by molar-refractivity contribution is 7.90. The Morgan fingerprint density at radius 1 is 1.19 bits per heavy atom. The summed E-state index contributed by atoms with van der Waals surface area (Å²) >= 11 is 6.01. The highest BCUT2D eigenvalue weighted by atomic mass is 35.5. The molecule has 6 heteroatoms. The fourth-order valence-electron chi connectivity index (χ4n) is 2.02. The van der Waals surface area contributed by atoms with Gasteiger partial charge in [0.2, 0.25) is 0 Å². The van der Waals surface area contributed by atoms with E-state index in [0.29, 0.717) is 17.0 Å². The molecular formula is C15H15ClFNO2S. The Labute approximate surface area is 128 Å². The van der Waals surface area contributed by atoms with Gasteiger partial charge in [-0.05, 0) is 47.9 Å². The first-order valence-corrected chi connectivity index (χ1v) is 8.54. The van der Waals surface area contributed by atoms with Gasteiger partial charge >= 0.3 is 0 Å². The van der Waals surface area contributed by atoms with Gasteiger partial charge in [0.15, 0.2) is 9.84 Å². The van der Waals surface area contributed by atoms with Crippen molar-refractivity contribution in [3.8, 4) is 0 Å². The van der Waals surface area contributed by atoms with Crippen LogP contribution in [0.4, 0.5) is 4.39 Å². The first kappa shape index (κ1) is 15.9. The van der Waals surface area contributed by atoms with Gasteiger partial charge < -0.3 is 5.73 Å². The fourth-order valence-corrected chi connectivity index (χ4v) is 2.84. The Kier molecular flexibility index (Phi) is 4.66. The molecule has 0 saturated carbocycles. The third-order valence-electron chi connectivity index (χ3n) is 3.18. The van der Waals surface area contributed by atoms with Gasteiger partial charge in [-0.2, -0.15) is 0 Å². The Morgan fingerprint density at radius 3 is 2.38 bits per heavy atom. The molecule has 1 atom stereocenters. The lowest BCUT2D eigenvalue weighted by atomic mass is 10.00. The van der Waals surface area contributed by atoms with Crippen LogP contribution in [0.2, 0.25) is 5.02 Å². The minimum absolute atomic E-state index is 0.238. The summed E-state index contributed by atoms with van der Waals surface area (Å²) in [5.74, 6) is -0.367. The second kappa shape index (κ2) is 6.13. The predicted octanol–water partition coefficient (Wildman–Crippen LogP) is 3.13. The van der Waals surface area contributed by atoms with Crippen molar-refractivity contribution in [2.45, 2.75) is 17.4 Å².